The van der Waals surface area contributed by atoms with Gasteiger partial charge in [0.1, 0.15) is 5.69 Å². The van der Waals surface area contributed by atoms with Crippen molar-refractivity contribution in [2.24, 2.45) is 0 Å². The summed E-state index contributed by atoms with van der Waals surface area (Å²) in [5.41, 5.74) is 0.498. The van der Waals surface area contributed by atoms with Gasteiger partial charge in [-0.05, 0) is 17.9 Å². The number of benzene rings is 1. The predicted molar refractivity (Wildman–Crippen MR) is 72.5 cm³/mol. The van der Waals surface area contributed by atoms with Crippen LogP contribution in [0.4, 0.5) is 0 Å². The van der Waals surface area contributed by atoms with Crippen LogP contribution in [-0.4, -0.2) is 22.8 Å². The highest BCUT2D eigenvalue weighted by Crippen LogP contribution is 2.15. The molecule has 0 fully saturated rings. The Bertz CT molecular complexity index is 522. The number of halogens is 1. The lowest BCUT2D eigenvalue weighted by Crippen LogP contribution is -2.25. The number of hydrogen-bond donors (Lipinski definition) is 1. The third kappa shape index (κ3) is 2.82. The Morgan fingerprint density at radius 3 is 2.94 bits per heavy atom. The number of aromatic nitrogens is 1. The van der Waals surface area contributed by atoms with Gasteiger partial charge in [-0.3, -0.25) is 9.78 Å². The van der Waals surface area contributed by atoms with E-state index in [-0.39, 0.29) is 5.91 Å². The van der Waals surface area contributed by atoms with E-state index in [0.29, 0.717) is 12.2 Å². The zero-order valence-corrected chi connectivity index (χ0v) is 10.9. The lowest BCUT2D eigenvalue weighted by molar-refractivity contribution is 0.0950. The monoisotopic (exact) mass is 292 g/mol. The number of carbonyl (C=O) groups excluding carboxylic acids is 1. The van der Waals surface area contributed by atoms with Crippen molar-refractivity contribution in [3.63, 3.8) is 0 Å². The van der Waals surface area contributed by atoms with Gasteiger partial charge in [-0.2, -0.15) is 0 Å². The maximum Gasteiger partial charge on any atom is 0.270 e. The van der Waals surface area contributed by atoms with E-state index < -0.39 is 0 Å². The normalized spacial score (nSPS) is 10.4. The molecule has 0 spiro atoms. The Balaban J connectivity index is 2.26. The molecule has 17 heavy (non-hydrogen) atoms. The van der Waals surface area contributed by atoms with Crippen LogP contribution in [0.15, 0.2) is 36.5 Å². The minimum absolute atomic E-state index is 0.109. The summed E-state index contributed by atoms with van der Waals surface area (Å²) in [6.45, 7) is 0.662. The summed E-state index contributed by atoms with van der Waals surface area (Å²) in [7, 11) is 0. The Morgan fingerprint density at radius 1 is 1.29 bits per heavy atom. The zero-order valence-electron chi connectivity index (χ0n) is 9.32. The number of alkyl halides is 1. The summed E-state index contributed by atoms with van der Waals surface area (Å²) in [6.07, 6.45) is 2.58. The molecule has 3 nitrogen and oxygen atoms in total. The Morgan fingerprint density at radius 2 is 2.12 bits per heavy atom. The van der Waals surface area contributed by atoms with Crippen LogP contribution < -0.4 is 5.32 Å². The molecule has 2 rings (SSSR count). The van der Waals surface area contributed by atoms with Crippen molar-refractivity contribution >= 4 is 32.6 Å². The number of pyridine rings is 1. The first kappa shape index (κ1) is 12.0. The van der Waals surface area contributed by atoms with Gasteiger partial charge in [0.25, 0.3) is 5.91 Å². The van der Waals surface area contributed by atoms with Gasteiger partial charge in [0.05, 0.1) is 0 Å². The van der Waals surface area contributed by atoms with Crippen LogP contribution >= 0.6 is 15.9 Å². The van der Waals surface area contributed by atoms with Crippen molar-refractivity contribution < 1.29 is 4.79 Å². The van der Waals surface area contributed by atoms with E-state index >= 15 is 0 Å². The second-order valence-corrected chi connectivity index (χ2v) is 4.47. The molecule has 4 heteroatoms. The molecule has 1 aromatic heterocycles. The standard InChI is InChI=1S/C13H13BrN2O/c14-7-3-8-16-13(17)12-11-5-2-1-4-10(11)6-9-15-12/h1-2,4-6,9H,3,7-8H2,(H,16,17). The SMILES string of the molecule is O=C(NCCCBr)c1nccc2ccccc12. The van der Waals surface area contributed by atoms with Crippen LogP contribution in [-0.2, 0) is 0 Å². The summed E-state index contributed by atoms with van der Waals surface area (Å²) in [5, 5.41) is 5.68. The molecular formula is C13H13BrN2O. The molecule has 1 N–H and O–H groups in total. The minimum atomic E-state index is -0.109. The highest BCUT2D eigenvalue weighted by atomic mass is 79.9. The largest absolute Gasteiger partial charge is 0.351 e. The summed E-state index contributed by atoms with van der Waals surface area (Å²) in [6, 6.07) is 9.67. The van der Waals surface area contributed by atoms with E-state index in [1.54, 1.807) is 6.20 Å². The van der Waals surface area contributed by atoms with Gasteiger partial charge in [0, 0.05) is 23.5 Å². The lowest BCUT2D eigenvalue weighted by atomic mass is 10.1. The average Bonchev–Trinajstić information content (AvgIpc) is 2.38. The molecule has 1 heterocycles. The molecule has 0 unspecified atom stereocenters. The second kappa shape index (κ2) is 5.77. The number of nitrogens with one attached hydrogen (secondary N) is 1. The molecule has 0 aliphatic carbocycles. The van der Waals surface area contributed by atoms with E-state index in [0.717, 1.165) is 22.5 Å². The summed E-state index contributed by atoms with van der Waals surface area (Å²) in [4.78, 5) is 16.1. The maximum atomic E-state index is 11.9. The third-order valence-corrected chi connectivity index (χ3v) is 3.05. The van der Waals surface area contributed by atoms with Crippen LogP contribution in [0, 0.1) is 0 Å². The van der Waals surface area contributed by atoms with E-state index in [4.69, 9.17) is 0 Å². The van der Waals surface area contributed by atoms with Gasteiger partial charge in [0.2, 0.25) is 0 Å². The number of rotatable bonds is 4. The summed E-state index contributed by atoms with van der Waals surface area (Å²) in [5.74, 6) is -0.109. The Labute approximate surface area is 108 Å². The average molecular weight is 293 g/mol. The van der Waals surface area contributed by atoms with E-state index in [2.05, 4.69) is 26.2 Å². The molecule has 0 aliphatic heterocycles. The highest BCUT2D eigenvalue weighted by Gasteiger charge is 2.10. The molecule has 88 valence electrons. The van der Waals surface area contributed by atoms with Gasteiger partial charge in [-0.15, -0.1) is 0 Å². The molecule has 0 bridgehead atoms. The summed E-state index contributed by atoms with van der Waals surface area (Å²) < 4.78 is 0. The molecule has 0 aliphatic rings. The van der Waals surface area contributed by atoms with Crippen LogP contribution in [0.5, 0.6) is 0 Å². The smallest absolute Gasteiger partial charge is 0.270 e. The number of fused-ring (bicyclic) bond motifs is 1. The Kier molecular flexibility index (Phi) is 4.09. The van der Waals surface area contributed by atoms with Gasteiger partial charge in [0.15, 0.2) is 0 Å². The van der Waals surface area contributed by atoms with E-state index in [1.165, 1.54) is 0 Å². The number of nitrogens with zero attached hydrogens (tertiary/aromatic N) is 1. The van der Waals surface area contributed by atoms with Crippen molar-refractivity contribution in [3.8, 4) is 0 Å². The quantitative estimate of drug-likeness (QED) is 0.695. The van der Waals surface area contributed by atoms with Crippen LogP contribution in [0.2, 0.25) is 0 Å². The molecule has 0 saturated heterocycles. The maximum absolute atomic E-state index is 11.9. The molecule has 0 atom stereocenters. The fraction of sp³-hybridized carbons (Fsp3) is 0.231. The van der Waals surface area contributed by atoms with Crippen molar-refractivity contribution in [3.05, 3.63) is 42.2 Å². The van der Waals surface area contributed by atoms with Crippen molar-refractivity contribution in [2.75, 3.05) is 11.9 Å². The molecule has 1 amide bonds. The zero-order chi connectivity index (χ0) is 12.1. The van der Waals surface area contributed by atoms with Crippen LogP contribution in [0.1, 0.15) is 16.9 Å². The van der Waals surface area contributed by atoms with Gasteiger partial charge in [-0.25, -0.2) is 0 Å². The minimum Gasteiger partial charge on any atom is -0.351 e. The molecule has 1 aromatic carbocycles. The number of carbonyl (C=O) groups is 1. The predicted octanol–water partition coefficient (Wildman–Crippen LogP) is 2.75. The third-order valence-electron chi connectivity index (χ3n) is 2.48. The fourth-order valence-corrected chi connectivity index (χ4v) is 1.93. The second-order valence-electron chi connectivity index (χ2n) is 3.68. The van der Waals surface area contributed by atoms with Crippen molar-refractivity contribution in [1.29, 1.82) is 0 Å². The van der Waals surface area contributed by atoms with Crippen LogP contribution in [0.25, 0.3) is 10.8 Å². The molecule has 2 aromatic rings. The molecular weight excluding hydrogens is 280 g/mol. The van der Waals surface area contributed by atoms with Crippen molar-refractivity contribution in [1.82, 2.24) is 10.3 Å². The first-order valence-corrected chi connectivity index (χ1v) is 6.63. The number of amides is 1. The van der Waals surface area contributed by atoms with Gasteiger partial charge >= 0.3 is 0 Å². The summed E-state index contributed by atoms with van der Waals surface area (Å²) >= 11 is 3.33. The topological polar surface area (TPSA) is 42.0 Å². The van der Waals surface area contributed by atoms with Gasteiger partial charge in [-0.1, -0.05) is 40.2 Å². The first-order valence-electron chi connectivity index (χ1n) is 5.51. The van der Waals surface area contributed by atoms with E-state index in [1.807, 2.05) is 30.3 Å². The number of hydrogen-bond acceptors (Lipinski definition) is 2. The Hall–Kier alpha value is -1.42. The first-order chi connectivity index (χ1) is 8.33. The highest BCUT2D eigenvalue weighted by molar-refractivity contribution is 9.09. The molecule has 0 radical (unpaired) electrons. The van der Waals surface area contributed by atoms with Gasteiger partial charge < -0.3 is 5.32 Å². The molecule has 0 saturated carbocycles. The van der Waals surface area contributed by atoms with Crippen LogP contribution in [0.3, 0.4) is 0 Å². The fourth-order valence-electron chi connectivity index (χ4n) is 1.65. The van der Waals surface area contributed by atoms with E-state index in [9.17, 15) is 4.79 Å². The lowest BCUT2D eigenvalue weighted by Gasteiger charge is -2.06. The van der Waals surface area contributed by atoms with Crippen molar-refractivity contribution in [2.45, 2.75) is 6.42 Å².